The molecule has 1 nitrogen and oxygen atoms in total. The van der Waals surface area contributed by atoms with Crippen LogP contribution in [0.5, 0.6) is 0 Å². The predicted molar refractivity (Wildman–Crippen MR) is 82.9 cm³/mol. The summed E-state index contributed by atoms with van der Waals surface area (Å²) in [5.74, 6) is -0.309. The van der Waals surface area contributed by atoms with E-state index in [2.05, 4.69) is 21.2 Å². The third kappa shape index (κ3) is 3.54. The van der Waals surface area contributed by atoms with E-state index in [0.29, 0.717) is 31.6 Å². The minimum absolute atomic E-state index is 0.309. The van der Waals surface area contributed by atoms with Crippen LogP contribution in [-0.4, -0.2) is 0 Å². The normalized spacial score (nSPS) is 10.6. The highest BCUT2D eigenvalue weighted by molar-refractivity contribution is 9.10. The van der Waals surface area contributed by atoms with E-state index < -0.39 is 0 Å². The van der Waals surface area contributed by atoms with E-state index in [4.69, 9.17) is 34.8 Å². The van der Waals surface area contributed by atoms with Crippen LogP contribution in [-0.2, 0) is 6.54 Å². The summed E-state index contributed by atoms with van der Waals surface area (Å²) in [6, 6.07) is 7.71. The molecule has 100 valence electrons. The molecule has 2 aromatic carbocycles. The first-order chi connectivity index (χ1) is 8.99. The molecule has 0 aromatic heterocycles. The Balaban J connectivity index is 2.21. The molecular weight excluding hydrogens is 375 g/mol. The summed E-state index contributed by atoms with van der Waals surface area (Å²) >= 11 is 21.4. The van der Waals surface area contributed by atoms with Crippen LogP contribution >= 0.6 is 50.7 Å². The highest BCUT2D eigenvalue weighted by Crippen LogP contribution is 2.32. The van der Waals surface area contributed by atoms with Crippen molar-refractivity contribution in [2.45, 2.75) is 6.54 Å². The van der Waals surface area contributed by atoms with Crippen LogP contribution < -0.4 is 5.32 Å². The quantitative estimate of drug-likeness (QED) is 0.626. The molecule has 0 atom stereocenters. The van der Waals surface area contributed by atoms with Gasteiger partial charge in [-0.15, -0.1) is 0 Å². The maximum absolute atomic E-state index is 13.0. The van der Waals surface area contributed by atoms with Crippen molar-refractivity contribution in [3.8, 4) is 0 Å². The highest BCUT2D eigenvalue weighted by Gasteiger charge is 2.10. The summed E-state index contributed by atoms with van der Waals surface area (Å²) in [6.07, 6.45) is 0. The van der Waals surface area contributed by atoms with Crippen molar-refractivity contribution < 1.29 is 4.39 Å². The highest BCUT2D eigenvalue weighted by atomic mass is 79.9. The lowest BCUT2D eigenvalue weighted by molar-refractivity contribution is 0.627. The largest absolute Gasteiger partial charge is 0.380 e. The molecule has 6 heteroatoms. The minimum atomic E-state index is -0.309. The van der Waals surface area contributed by atoms with Crippen LogP contribution in [0.3, 0.4) is 0 Å². The van der Waals surface area contributed by atoms with Gasteiger partial charge in [0.05, 0.1) is 10.0 Å². The molecule has 0 aliphatic rings. The minimum Gasteiger partial charge on any atom is -0.380 e. The lowest BCUT2D eigenvalue weighted by Gasteiger charge is -2.12. The Morgan fingerprint density at radius 2 is 1.74 bits per heavy atom. The third-order valence-corrected chi connectivity index (χ3v) is 4.38. The van der Waals surface area contributed by atoms with E-state index in [1.54, 1.807) is 18.2 Å². The molecule has 0 radical (unpaired) electrons. The Hall–Kier alpha value is -0.480. The first-order valence-electron chi connectivity index (χ1n) is 5.30. The number of nitrogens with one attached hydrogen (secondary N) is 1. The zero-order valence-corrected chi connectivity index (χ0v) is 13.3. The third-order valence-electron chi connectivity index (χ3n) is 2.53. The summed E-state index contributed by atoms with van der Waals surface area (Å²) in [5.41, 5.74) is 1.44. The summed E-state index contributed by atoms with van der Waals surface area (Å²) in [4.78, 5) is 0. The molecular formula is C13H8BrCl3FN. The van der Waals surface area contributed by atoms with Gasteiger partial charge in [-0.3, -0.25) is 0 Å². The predicted octanol–water partition coefficient (Wildman–Crippen LogP) is 6.16. The molecule has 2 aromatic rings. The van der Waals surface area contributed by atoms with E-state index in [1.165, 1.54) is 12.1 Å². The van der Waals surface area contributed by atoms with Gasteiger partial charge in [0.15, 0.2) is 0 Å². The molecule has 0 saturated heterocycles. The monoisotopic (exact) mass is 381 g/mol. The van der Waals surface area contributed by atoms with Crippen LogP contribution in [0.4, 0.5) is 10.1 Å². The molecule has 1 N–H and O–H groups in total. The summed E-state index contributed by atoms with van der Waals surface area (Å²) < 4.78 is 13.6. The molecule has 0 heterocycles. The molecule has 0 bridgehead atoms. The lowest BCUT2D eigenvalue weighted by atomic mass is 10.2. The second kappa shape index (κ2) is 6.31. The van der Waals surface area contributed by atoms with Gasteiger partial charge in [0.25, 0.3) is 0 Å². The fourth-order valence-corrected chi connectivity index (χ4v) is 2.72. The zero-order valence-electron chi connectivity index (χ0n) is 9.48. The van der Waals surface area contributed by atoms with Crippen molar-refractivity contribution in [2.24, 2.45) is 0 Å². The first kappa shape index (κ1) is 14.9. The SMILES string of the molecule is Fc1ccc(NCc2c(Cl)ccc(Cl)c2Cl)c(Br)c1. The van der Waals surface area contributed by atoms with Crippen molar-refractivity contribution in [2.75, 3.05) is 5.32 Å². The van der Waals surface area contributed by atoms with Crippen molar-refractivity contribution in [3.63, 3.8) is 0 Å². The number of benzene rings is 2. The van der Waals surface area contributed by atoms with Gasteiger partial charge in [0, 0.05) is 27.3 Å². The van der Waals surface area contributed by atoms with Gasteiger partial charge in [-0.05, 0) is 46.3 Å². The van der Waals surface area contributed by atoms with Crippen LogP contribution in [0, 0.1) is 5.82 Å². The van der Waals surface area contributed by atoms with Crippen LogP contribution in [0.2, 0.25) is 15.1 Å². The van der Waals surface area contributed by atoms with Crippen LogP contribution in [0.15, 0.2) is 34.8 Å². The molecule has 0 saturated carbocycles. The molecule has 0 unspecified atom stereocenters. The molecule has 0 aliphatic carbocycles. The topological polar surface area (TPSA) is 12.0 Å². The van der Waals surface area contributed by atoms with E-state index in [0.717, 1.165) is 5.69 Å². The van der Waals surface area contributed by atoms with Crippen molar-refractivity contribution >= 4 is 56.4 Å². The molecule has 0 fully saturated rings. The fraction of sp³-hybridized carbons (Fsp3) is 0.0769. The number of hydrogen-bond donors (Lipinski definition) is 1. The Morgan fingerprint density at radius 3 is 2.42 bits per heavy atom. The van der Waals surface area contributed by atoms with Gasteiger partial charge < -0.3 is 5.32 Å². The number of rotatable bonds is 3. The standard InChI is InChI=1S/C13H8BrCl3FN/c14-9-5-7(18)1-4-12(9)19-6-8-10(15)2-3-11(16)13(8)17/h1-5,19H,6H2. The van der Waals surface area contributed by atoms with Gasteiger partial charge in [-0.1, -0.05) is 34.8 Å². The van der Waals surface area contributed by atoms with E-state index in [-0.39, 0.29) is 5.82 Å². The molecule has 2 rings (SSSR count). The van der Waals surface area contributed by atoms with Crippen LogP contribution in [0.1, 0.15) is 5.56 Å². The second-order valence-corrected chi connectivity index (χ2v) is 5.85. The number of anilines is 1. The zero-order chi connectivity index (χ0) is 14.0. The van der Waals surface area contributed by atoms with Gasteiger partial charge in [0.2, 0.25) is 0 Å². The van der Waals surface area contributed by atoms with Gasteiger partial charge in [0.1, 0.15) is 5.82 Å². The Morgan fingerprint density at radius 1 is 1.05 bits per heavy atom. The second-order valence-electron chi connectivity index (χ2n) is 3.80. The Kier molecular flexibility index (Phi) is 4.96. The van der Waals surface area contributed by atoms with Gasteiger partial charge in [-0.2, -0.15) is 0 Å². The molecule has 0 amide bonds. The summed E-state index contributed by atoms with van der Waals surface area (Å²) in [6.45, 7) is 0.391. The number of hydrogen-bond acceptors (Lipinski definition) is 1. The fourth-order valence-electron chi connectivity index (χ4n) is 1.55. The average Bonchev–Trinajstić information content (AvgIpc) is 2.36. The maximum Gasteiger partial charge on any atom is 0.124 e. The smallest absolute Gasteiger partial charge is 0.124 e. The van der Waals surface area contributed by atoms with Crippen molar-refractivity contribution in [3.05, 3.63) is 61.3 Å². The summed E-state index contributed by atoms with van der Waals surface area (Å²) in [7, 11) is 0. The maximum atomic E-state index is 13.0. The number of halogens is 5. The average molecular weight is 383 g/mol. The molecule has 0 spiro atoms. The Bertz CT molecular complexity index is 619. The Labute approximate surface area is 133 Å². The van der Waals surface area contributed by atoms with Crippen molar-refractivity contribution in [1.29, 1.82) is 0 Å². The molecule has 19 heavy (non-hydrogen) atoms. The summed E-state index contributed by atoms with van der Waals surface area (Å²) in [5, 5.41) is 4.51. The lowest BCUT2D eigenvalue weighted by Crippen LogP contribution is -2.02. The van der Waals surface area contributed by atoms with Gasteiger partial charge >= 0.3 is 0 Å². The van der Waals surface area contributed by atoms with Gasteiger partial charge in [-0.25, -0.2) is 4.39 Å². The molecule has 0 aliphatic heterocycles. The van der Waals surface area contributed by atoms with E-state index in [9.17, 15) is 4.39 Å². The first-order valence-corrected chi connectivity index (χ1v) is 7.23. The van der Waals surface area contributed by atoms with Crippen molar-refractivity contribution in [1.82, 2.24) is 0 Å². The van der Waals surface area contributed by atoms with E-state index >= 15 is 0 Å². The van der Waals surface area contributed by atoms with E-state index in [1.807, 2.05) is 0 Å². The van der Waals surface area contributed by atoms with Crippen LogP contribution in [0.25, 0.3) is 0 Å².